The highest BCUT2D eigenvalue weighted by Crippen LogP contribution is 2.29. The number of nitrogens with two attached hydrogens (primary N) is 1. The lowest BCUT2D eigenvalue weighted by molar-refractivity contribution is 0.121. The van der Waals surface area contributed by atoms with Gasteiger partial charge in [-0.3, -0.25) is 0 Å². The van der Waals surface area contributed by atoms with Gasteiger partial charge >= 0.3 is 0 Å². The normalized spacial score (nSPS) is 21.8. The van der Waals surface area contributed by atoms with Crippen molar-refractivity contribution in [3.8, 4) is 0 Å². The molecule has 3 nitrogen and oxygen atoms in total. The lowest BCUT2D eigenvalue weighted by Crippen LogP contribution is -2.24. The van der Waals surface area contributed by atoms with Crippen LogP contribution in [0, 0.1) is 0 Å². The Morgan fingerprint density at radius 2 is 2.24 bits per heavy atom. The second kappa shape index (κ2) is 5.52. The second-order valence-corrected chi connectivity index (χ2v) is 4.67. The van der Waals surface area contributed by atoms with Crippen molar-refractivity contribution in [2.45, 2.75) is 31.9 Å². The predicted octanol–water partition coefficient (Wildman–Crippen LogP) is 2.32. The standard InChI is InChI=1S/C14H22N2O/c1-3-13(15)12-6-4-5-7-14(12)16-9-8-11(10-16)17-2/h4-7,11,13H,3,8-10,15H2,1-2H3/t11?,13-/m0/s1. The zero-order valence-corrected chi connectivity index (χ0v) is 10.7. The quantitative estimate of drug-likeness (QED) is 0.869. The molecule has 1 aromatic carbocycles. The molecule has 0 spiro atoms. The summed E-state index contributed by atoms with van der Waals surface area (Å²) in [5.74, 6) is 0. The Labute approximate surface area is 104 Å². The molecule has 0 saturated carbocycles. The molecule has 1 saturated heterocycles. The molecular weight excluding hydrogens is 212 g/mol. The fourth-order valence-electron chi connectivity index (χ4n) is 2.45. The highest BCUT2D eigenvalue weighted by Gasteiger charge is 2.24. The fourth-order valence-corrected chi connectivity index (χ4v) is 2.45. The molecule has 0 bridgehead atoms. The summed E-state index contributed by atoms with van der Waals surface area (Å²) in [5.41, 5.74) is 8.71. The number of nitrogens with zero attached hydrogens (tertiary/aromatic N) is 1. The zero-order chi connectivity index (χ0) is 12.3. The number of benzene rings is 1. The summed E-state index contributed by atoms with van der Waals surface area (Å²) in [5, 5.41) is 0. The first-order chi connectivity index (χ1) is 8.26. The van der Waals surface area contributed by atoms with E-state index in [2.05, 4.69) is 36.1 Å². The van der Waals surface area contributed by atoms with Gasteiger partial charge in [0.2, 0.25) is 0 Å². The van der Waals surface area contributed by atoms with Gasteiger partial charge in [0.25, 0.3) is 0 Å². The van der Waals surface area contributed by atoms with E-state index in [1.54, 1.807) is 7.11 Å². The van der Waals surface area contributed by atoms with Gasteiger partial charge in [-0.1, -0.05) is 25.1 Å². The Balaban J connectivity index is 2.20. The smallest absolute Gasteiger partial charge is 0.0762 e. The molecule has 1 heterocycles. The molecule has 0 aliphatic carbocycles. The third-order valence-electron chi connectivity index (χ3n) is 3.60. The molecule has 1 unspecified atom stereocenters. The number of methoxy groups -OCH3 is 1. The molecule has 0 radical (unpaired) electrons. The average Bonchev–Trinajstić information content (AvgIpc) is 2.86. The van der Waals surface area contributed by atoms with Crippen molar-refractivity contribution in [1.29, 1.82) is 0 Å². The molecule has 94 valence electrons. The SMILES string of the molecule is CC[C@H](N)c1ccccc1N1CCC(OC)C1. The molecule has 0 amide bonds. The molecular formula is C14H22N2O. The van der Waals surface area contributed by atoms with Crippen molar-refractivity contribution in [2.24, 2.45) is 5.73 Å². The van der Waals surface area contributed by atoms with E-state index in [4.69, 9.17) is 10.5 Å². The van der Waals surface area contributed by atoms with Gasteiger partial charge in [-0.25, -0.2) is 0 Å². The Hall–Kier alpha value is -1.06. The van der Waals surface area contributed by atoms with Gasteiger partial charge in [-0.2, -0.15) is 0 Å². The Bertz CT molecular complexity index is 367. The maximum Gasteiger partial charge on any atom is 0.0762 e. The van der Waals surface area contributed by atoms with E-state index in [0.717, 1.165) is 25.9 Å². The number of hydrogen-bond donors (Lipinski definition) is 1. The molecule has 2 N–H and O–H groups in total. The third-order valence-corrected chi connectivity index (χ3v) is 3.60. The van der Waals surface area contributed by atoms with Crippen LogP contribution in [0.3, 0.4) is 0 Å². The maximum atomic E-state index is 6.17. The van der Waals surface area contributed by atoms with Gasteiger partial charge in [0.05, 0.1) is 6.10 Å². The van der Waals surface area contributed by atoms with E-state index in [1.165, 1.54) is 11.3 Å². The third kappa shape index (κ3) is 2.61. The Morgan fingerprint density at radius 3 is 2.88 bits per heavy atom. The van der Waals surface area contributed by atoms with Crippen molar-refractivity contribution in [1.82, 2.24) is 0 Å². The molecule has 2 rings (SSSR count). The van der Waals surface area contributed by atoms with Gasteiger partial charge in [-0.15, -0.1) is 0 Å². The number of para-hydroxylation sites is 1. The van der Waals surface area contributed by atoms with E-state index >= 15 is 0 Å². The van der Waals surface area contributed by atoms with Gasteiger partial charge in [-0.05, 0) is 24.5 Å². The van der Waals surface area contributed by atoms with Gasteiger partial charge in [0.1, 0.15) is 0 Å². The minimum absolute atomic E-state index is 0.132. The van der Waals surface area contributed by atoms with Gasteiger partial charge in [0, 0.05) is 31.9 Å². The van der Waals surface area contributed by atoms with Crippen LogP contribution in [0.5, 0.6) is 0 Å². The van der Waals surface area contributed by atoms with E-state index < -0.39 is 0 Å². The molecule has 1 aromatic rings. The number of rotatable bonds is 4. The van der Waals surface area contributed by atoms with Gasteiger partial charge < -0.3 is 15.4 Å². The monoisotopic (exact) mass is 234 g/mol. The van der Waals surface area contributed by atoms with Crippen LogP contribution in [0.4, 0.5) is 5.69 Å². The first-order valence-corrected chi connectivity index (χ1v) is 6.38. The van der Waals surface area contributed by atoms with Crippen molar-refractivity contribution < 1.29 is 4.74 Å². The van der Waals surface area contributed by atoms with E-state index in [9.17, 15) is 0 Å². The summed E-state index contributed by atoms with van der Waals surface area (Å²) in [6.45, 7) is 4.17. The molecule has 17 heavy (non-hydrogen) atoms. The number of ether oxygens (including phenoxy) is 1. The van der Waals surface area contributed by atoms with Gasteiger partial charge in [0.15, 0.2) is 0 Å². The van der Waals surface area contributed by atoms with Crippen molar-refractivity contribution >= 4 is 5.69 Å². The summed E-state index contributed by atoms with van der Waals surface area (Å²) >= 11 is 0. The molecule has 1 aliphatic heterocycles. The number of hydrogen-bond acceptors (Lipinski definition) is 3. The number of anilines is 1. The molecule has 3 heteroatoms. The van der Waals surface area contributed by atoms with Crippen LogP contribution in [0.15, 0.2) is 24.3 Å². The minimum atomic E-state index is 0.132. The maximum absolute atomic E-state index is 6.17. The topological polar surface area (TPSA) is 38.5 Å². The van der Waals surface area contributed by atoms with Crippen LogP contribution in [0.1, 0.15) is 31.4 Å². The lowest BCUT2D eigenvalue weighted by Gasteiger charge is -2.24. The lowest BCUT2D eigenvalue weighted by atomic mass is 10.0. The first-order valence-electron chi connectivity index (χ1n) is 6.38. The Morgan fingerprint density at radius 1 is 1.47 bits per heavy atom. The molecule has 0 aromatic heterocycles. The minimum Gasteiger partial charge on any atom is -0.380 e. The first kappa shape index (κ1) is 12.4. The van der Waals surface area contributed by atoms with Crippen molar-refractivity contribution in [3.05, 3.63) is 29.8 Å². The van der Waals surface area contributed by atoms with E-state index in [1.807, 2.05) is 0 Å². The fraction of sp³-hybridized carbons (Fsp3) is 0.571. The average molecular weight is 234 g/mol. The molecule has 2 atom stereocenters. The van der Waals surface area contributed by atoms with Crippen LogP contribution < -0.4 is 10.6 Å². The van der Waals surface area contributed by atoms with Crippen LogP contribution in [-0.4, -0.2) is 26.3 Å². The Kier molecular flexibility index (Phi) is 4.02. The van der Waals surface area contributed by atoms with Crippen LogP contribution in [0.25, 0.3) is 0 Å². The highest BCUT2D eigenvalue weighted by atomic mass is 16.5. The van der Waals surface area contributed by atoms with E-state index in [0.29, 0.717) is 6.10 Å². The second-order valence-electron chi connectivity index (χ2n) is 4.67. The summed E-state index contributed by atoms with van der Waals surface area (Å²) in [6, 6.07) is 8.60. The van der Waals surface area contributed by atoms with Crippen molar-refractivity contribution in [3.63, 3.8) is 0 Å². The summed E-state index contributed by atoms with van der Waals surface area (Å²) < 4.78 is 5.42. The molecule has 1 fully saturated rings. The van der Waals surface area contributed by atoms with Crippen LogP contribution in [-0.2, 0) is 4.74 Å². The van der Waals surface area contributed by atoms with E-state index in [-0.39, 0.29) is 6.04 Å². The van der Waals surface area contributed by atoms with Crippen molar-refractivity contribution in [2.75, 3.05) is 25.1 Å². The summed E-state index contributed by atoms with van der Waals surface area (Å²) in [7, 11) is 1.79. The zero-order valence-electron chi connectivity index (χ0n) is 10.7. The van der Waals surface area contributed by atoms with Crippen LogP contribution >= 0.6 is 0 Å². The largest absolute Gasteiger partial charge is 0.380 e. The summed E-state index contributed by atoms with van der Waals surface area (Å²) in [6.07, 6.45) is 2.44. The summed E-state index contributed by atoms with van der Waals surface area (Å²) in [4.78, 5) is 2.39. The predicted molar refractivity (Wildman–Crippen MR) is 71.3 cm³/mol. The molecule has 1 aliphatic rings. The van der Waals surface area contributed by atoms with Crippen LogP contribution in [0.2, 0.25) is 0 Å². The highest BCUT2D eigenvalue weighted by molar-refractivity contribution is 5.55.